The molecule has 0 aromatic heterocycles. The van der Waals surface area contributed by atoms with Crippen LogP contribution < -0.4 is 5.32 Å². The van der Waals surface area contributed by atoms with E-state index in [9.17, 15) is 4.79 Å². The van der Waals surface area contributed by atoms with E-state index in [1.54, 1.807) is 0 Å². The second kappa shape index (κ2) is 6.49. The van der Waals surface area contributed by atoms with E-state index in [2.05, 4.69) is 30.3 Å². The zero-order valence-corrected chi connectivity index (χ0v) is 14.5. The van der Waals surface area contributed by atoms with Crippen LogP contribution in [0.5, 0.6) is 0 Å². The summed E-state index contributed by atoms with van der Waals surface area (Å²) in [6, 6.07) is 0.528. The van der Waals surface area contributed by atoms with Crippen LogP contribution in [0, 0.1) is 11.8 Å². The van der Waals surface area contributed by atoms with Crippen molar-refractivity contribution in [2.24, 2.45) is 11.8 Å². The highest BCUT2D eigenvalue weighted by Gasteiger charge is 2.48. The molecule has 3 nitrogen and oxygen atoms in total. The minimum atomic E-state index is 0.0453. The van der Waals surface area contributed by atoms with Gasteiger partial charge >= 0.3 is 0 Å². The van der Waals surface area contributed by atoms with Crippen molar-refractivity contribution in [1.29, 1.82) is 0 Å². The van der Waals surface area contributed by atoms with Crippen LogP contribution in [-0.4, -0.2) is 40.6 Å². The first-order valence-corrected chi connectivity index (χ1v) is 10.0. The van der Waals surface area contributed by atoms with Crippen molar-refractivity contribution in [1.82, 2.24) is 10.2 Å². The quantitative estimate of drug-likeness (QED) is 0.865. The van der Waals surface area contributed by atoms with Gasteiger partial charge in [-0.25, -0.2) is 0 Å². The maximum absolute atomic E-state index is 13.0. The Morgan fingerprint density at radius 1 is 1.19 bits per heavy atom. The highest BCUT2D eigenvalue weighted by molar-refractivity contribution is 7.99. The van der Waals surface area contributed by atoms with Crippen LogP contribution in [0.3, 0.4) is 0 Å². The van der Waals surface area contributed by atoms with Gasteiger partial charge in [-0.1, -0.05) is 26.7 Å². The van der Waals surface area contributed by atoms with Gasteiger partial charge in [0.2, 0.25) is 5.91 Å². The molecule has 0 spiro atoms. The summed E-state index contributed by atoms with van der Waals surface area (Å²) in [6.07, 6.45) is 11.5. The van der Waals surface area contributed by atoms with Crippen LogP contribution in [0.15, 0.2) is 0 Å². The molecule has 1 amide bonds. The topological polar surface area (TPSA) is 32.3 Å². The van der Waals surface area contributed by atoms with E-state index in [0.717, 1.165) is 5.25 Å². The fourth-order valence-electron chi connectivity index (χ4n) is 4.54. The molecule has 4 atom stereocenters. The Morgan fingerprint density at radius 3 is 2.48 bits per heavy atom. The molecule has 120 valence electrons. The van der Waals surface area contributed by atoms with Crippen LogP contribution in [0.4, 0.5) is 0 Å². The third kappa shape index (κ3) is 2.98. The van der Waals surface area contributed by atoms with Crippen LogP contribution in [0.25, 0.3) is 0 Å². The lowest BCUT2D eigenvalue weighted by molar-refractivity contribution is -0.133. The smallest absolute Gasteiger partial charge is 0.241 e. The van der Waals surface area contributed by atoms with Crippen molar-refractivity contribution < 1.29 is 4.79 Å². The van der Waals surface area contributed by atoms with E-state index in [1.807, 2.05) is 11.8 Å². The minimum Gasteiger partial charge on any atom is -0.322 e. The number of hydrogen-bond acceptors (Lipinski definition) is 3. The fraction of sp³-hybridized carbons (Fsp3) is 0.941. The SMILES string of the molecule is CSC1CCC(N2C(=O)C(C(C)C)NC2C2CCCC2)C1. The lowest BCUT2D eigenvalue weighted by atomic mass is 10.0. The third-order valence-corrected chi connectivity index (χ3v) is 6.86. The van der Waals surface area contributed by atoms with Crippen molar-refractivity contribution in [2.75, 3.05) is 6.26 Å². The number of rotatable bonds is 4. The van der Waals surface area contributed by atoms with Crippen LogP contribution in [0.1, 0.15) is 58.8 Å². The molecule has 1 heterocycles. The van der Waals surface area contributed by atoms with Gasteiger partial charge in [-0.2, -0.15) is 11.8 Å². The minimum absolute atomic E-state index is 0.0453. The second-order valence-corrected chi connectivity index (χ2v) is 8.59. The maximum atomic E-state index is 13.0. The average molecular weight is 311 g/mol. The molecule has 1 aliphatic heterocycles. The Bertz CT molecular complexity index is 381. The molecule has 3 rings (SSSR count). The van der Waals surface area contributed by atoms with Crippen molar-refractivity contribution in [3.63, 3.8) is 0 Å². The lowest BCUT2D eigenvalue weighted by Crippen LogP contribution is -2.47. The van der Waals surface area contributed by atoms with Gasteiger partial charge in [0.15, 0.2) is 0 Å². The van der Waals surface area contributed by atoms with Gasteiger partial charge in [0.25, 0.3) is 0 Å². The zero-order valence-electron chi connectivity index (χ0n) is 13.7. The summed E-state index contributed by atoms with van der Waals surface area (Å²) in [4.78, 5) is 15.2. The van der Waals surface area contributed by atoms with E-state index >= 15 is 0 Å². The van der Waals surface area contributed by atoms with E-state index < -0.39 is 0 Å². The Labute approximate surface area is 133 Å². The number of nitrogens with zero attached hydrogens (tertiary/aromatic N) is 1. The molecule has 2 aliphatic carbocycles. The van der Waals surface area contributed by atoms with Gasteiger partial charge in [0.05, 0.1) is 12.2 Å². The Hall–Kier alpha value is -0.220. The predicted octanol–water partition coefficient (Wildman–Crippen LogP) is 3.24. The van der Waals surface area contributed by atoms with E-state index in [0.29, 0.717) is 30.0 Å². The lowest BCUT2D eigenvalue weighted by Gasteiger charge is -2.34. The number of thioether (sulfide) groups is 1. The maximum Gasteiger partial charge on any atom is 0.241 e. The highest BCUT2D eigenvalue weighted by atomic mass is 32.2. The molecule has 0 aromatic carbocycles. The fourth-order valence-corrected chi connectivity index (χ4v) is 5.32. The first-order valence-electron chi connectivity index (χ1n) is 8.72. The monoisotopic (exact) mass is 310 g/mol. The van der Waals surface area contributed by atoms with Crippen molar-refractivity contribution in [2.45, 2.75) is 82.3 Å². The number of nitrogens with one attached hydrogen (secondary N) is 1. The summed E-state index contributed by atoms with van der Waals surface area (Å²) in [6.45, 7) is 4.34. The van der Waals surface area contributed by atoms with Crippen molar-refractivity contribution >= 4 is 17.7 Å². The van der Waals surface area contributed by atoms with E-state index in [4.69, 9.17) is 0 Å². The van der Waals surface area contributed by atoms with Gasteiger partial charge in [0.1, 0.15) is 0 Å². The van der Waals surface area contributed by atoms with Gasteiger partial charge in [-0.05, 0) is 50.2 Å². The largest absolute Gasteiger partial charge is 0.322 e. The molecule has 21 heavy (non-hydrogen) atoms. The molecule has 0 aromatic rings. The summed E-state index contributed by atoms with van der Waals surface area (Å²) in [5, 5.41) is 4.47. The Morgan fingerprint density at radius 2 is 1.90 bits per heavy atom. The highest BCUT2D eigenvalue weighted by Crippen LogP contribution is 2.39. The number of hydrogen-bond donors (Lipinski definition) is 1. The van der Waals surface area contributed by atoms with Crippen LogP contribution >= 0.6 is 11.8 Å². The van der Waals surface area contributed by atoms with Gasteiger partial charge < -0.3 is 4.90 Å². The first-order chi connectivity index (χ1) is 10.1. The van der Waals surface area contributed by atoms with Gasteiger partial charge in [0, 0.05) is 11.3 Å². The summed E-state index contributed by atoms with van der Waals surface area (Å²) in [5.41, 5.74) is 0. The average Bonchev–Trinajstić information content (AvgIpc) is 3.16. The van der Waals surface area contributed by atoms with E-state index in [1.165, 1.54) is 44.9 Å². The molecule has 1 N–H and O–H groups in total. The summed E-state index contributed by atoms with van der Waals surface area (Å²) in [5.74, 6) is 1.46. The molecule has 2 saturated carbocycles. The summed E-state index contributed by atoms with van der Waals surface area (Å²) in [7, 11) is 0. The molecule has 4 unspecified atom stereocenters. The number of carbonyl (C=O) groups is 1. The molecular weight excluding hydrogens is 280 g/mol. The van der Waals surface area contributed by atoms with Crippen LogP contribution in [0.2, 0.25) is 0 Å². The van der Waals surface area contributed by atoms with Gasteiger partial charge in [-0.3, -0.25) is 10.1 Å². The molecule has 0 bridgehead atoms. The Kier molecular flexibility index (Phi) is 4.84. The molecule has 0 radical (unpaired) electrons. The number of amides is 1. The second-order valence-electron chi connectivity index (χ2n) is 7.45. The summed E-state index contributed by atoms with van der Waals surface area (Å²) < 4.78 is 0. The van der Waals surface area contributed by atoms with E-state index in [-0.39, 0.29) is 6.04 Å². The van der Waals surface area contributed by atoms with Crippen LogP contribution in [-0.2, 0) is 4.79 Å². The van der Waals surface area contributed by atoms with Crippen molar-refractivity contribution in [3.8, 4) is 0 Å². The molecule has 4 heteroatoms. The standard InChI is InChI=1S/C17H30N2OS/c1-11(2)15-17(20)19(13-8-9-14(10-13)21-3)16(18-15)12-6-4-5-7-12/h11-16,18H,4-10H2,1-3H3. The van der Waals surface area contributed by atoms with Crippen molar-refractivity contribution in [3.05, 3.63) is 0 Å². The normalized spacial score (nSPS) is 38.1. The Balaban J connectivity index is 1.77. The molecule has 1 saturated heterocycles. The zero-order chi connectivity index (χ0) is 15.0. The van der Waals surface area contributed by atoms with Gasteiger partial charge in [-0.15, -0.1) is 0 Å². The predicted molar refractivity (Wildman–Crippen MR) is 89.3 cm³/mol. The number of carbonyl (C=O) groups excluding carboxylic acids is 1. The first kappa shape index (κ1) is 15.7. The molecular formula is C17H30N2OS. The summed E-state index contributed by atoms with van der Waals surface area (Å²) >= 11 is 1.98. The third-order valence-electron chi connectivity index (χ3n) is 5.77. The molecule has 3 fully saturated rings. The molecule has 3 aliphatic rings.